The zero-order valence-electron chi connectivity index (χ0n) is 17.6. The van der Waals surface area contributed by atoms with Gasteiger partial charge >= 0.3 is 0 Å². The lowest BCUT2D eigenvalue weighted by atomic mass is 10.1. The molecule has 1 fully saturated rings. The molecule has 0 bridgehead atoms. The van der Waals surface area contributed by atoms with Crippen molar-refractivity contribution in [3.8, 4) is 11.5 Å². The van der Waals surface area contributed by atoms with Gasteiger partial charge < -0.3 is 25.4 Å². The number of aromatic hydroxyl groups is 1. The van der Waals surface area contributed by atoms with Gasteiger partial charge in [0.05, 0.1) is 19.7 Å². The summed E-state index contributed by atoms with van der Waals surface area (Å²) in [5.41, 5.74) is 3.24. The summed E-state index contributed by atoms with van der Waals surface area (Å²) in [6.07, 6.45) is 2.54. The average molecular weight is 397 g/mol. The third kappa shape index (κ3) is 5.34. The fourth-order valence-electron chi connectivity index (χ4n) is 3.60. The summed E-state index contributed by atoms with van der Waals surface area (Å²) in [5, 5.41) is 17.1. The Hall–Kier alpha value is -2.89. The van der Waals surface area contributed by atoms with Gasteiger partial charge in [-0.15, -0.1) is 0 Å². The fraction of sp³-hybridized carbons (Fsp3) is 0.435. The van der Waals surface area contributed by atoms with Crippen molar-refractivity contribution in [2.24, 2.45) is 4.99 Å². The van der Waals surface area contributed by atoms with Crippen molar-refractivity contribution in [3.63, 3.8) is 0 Å². The van der Waals surface area contributed by atoms with Crippen molar-refractivity contribution < 1.29 is 9.84 Å². The number of para-hydroxylation sites is 1. The minimum atomic E-state index is 0.106. The maximum absolute atomic E-state index is 10.3. The van der Waals surface area contributed by atoms with Crippen LogP contribution in [0.2, 0.25) is 0 Å². The molecule has 0 aromatic heterocycles. The molecule has 0 amide bonds. The predicted molar refractivity (Wildman–Crippen MR) is 119 cm³/mol. The van der Waals surface area contributed by atoms with Crippen LogP contribution in [0.1, 0.15) is 43.9 Å². The zero-order valence-corrected chi connectivity index (χ0v) is 17.6. The SMILES string of the molecule is CCNC(=NCc1cccc(OC)c1O)NC(C)c1cccc(N2CCCC2)c1. The van der Waals surface area contributed by atoms with Gasteiger partial charge in [-0.25, -0.2) is 4.99 Å². The van der Waals surface area contributed by atoms with E-state index in [-0.39, 0.29) is 11.8 Å². The molecule has 1 atom stereocenters. The van der Waals surface area contributed by atoms with Gasteiger partial charge in [0.15, 0.2) is 17.5 Å². The van der Waals surface area contributed by atoms with Crippen LogP contribution in [0.25, 0.3) is 0 Å². The minimum absolute atomic E-state index is 0.106. The molecule has 1 saturated heterocycles. The van der Waals surface area contributed by atoms with Crippen molar-refractivity contribution in [2.75, 3.05) is 31.6 Å². The largest absolute Gasteiger partial charge is 0.504 e. The summed E-state index contributed by atoms with van der Waals surface area (Å²) in [7, 11) is 1.55. The molecule has 29 heavy (non-hydrogen) atoms. The van der Waals surface area contributed by atoms with E-state index in [0.717, 1.165) is 25.2 Å². The lowest BCUT2D eigenvalue weighted by Crippen LogP contribution is -2.38. The first-order chi connectivity index (χ1) is 14.1. The van der Waals surface area contributed by atoms with Gasteiger partial charge in [-0.05, 0) is 50.5 Å². The molecular formula is C23H32N4O2. The Labute approximate surface area is 173 Å². The zero-order chi connectivity index (χ0) is 20.6. The van der Waals surface area contributed by atoms with Gasteiger partial charge in [-0.3, -0.25) is 0 Å². The Morgan fingerprint density at radius 3 is 2.69 bits per heavy atom. The second-order valence-electron chi connectivity index (χ2n) is 7.32. The van der Waals surface area contributed by atoms with Crippen LogP contribution in [0, 0.1) is 0 Å². The highest BCUT2D eigenvalue weighted by molar-refractivity contribution is 5.80. The van der Waals surface area contributed by atoms with E-state index in [2.05, 4.69) is 51.7 Å². The molecule has 3 N–H and O–H groups in total. The third-order valence-electron chi connectivity index (χ3n) is 5.25. The smallest absolute Gasteiger partial charge is 0.192 e. The van der Waals surface area contributed by atoms with Crippen LogP contribution in [0.15, 0.2) is 47.5 Å². The summed E-state index contributed by atoms with van der Waals surface area (Å²) in [5.74, 6) is 1.32. The Morgan fingerprint density at radius 1 is 1.21 bits per heavy atom. The van der Waals surface area contributed by atoms with Crippen molar-refractivity contribution >= 4 is 11.6 Å². The molecule has 1 aliphatic heterocycles. The van der Waals surface area contributed by atoms with Crippen LogP contribution >= 0.6 is 0 Å². The van der Waals surface area contributed by atoms with Gasteiger partial charge in [-0.1, -0.05) is 24.3 Å². The number of anilines is 1. The van der Waals surface area contributed by atoms with E-state index in [9.17, 15) is 5.11 Å². The fourth-order valence-corrected chi connectivity index (χ4v) is 3.60. The van der Waals surface area contributed by atoms with Gasteiger partial charge in [0.25, 0.3) is 0 Å². The number of rotatable bonds is 7. The normalized spacial score (nSPS) is 15.3. The lowest BCUT2D eigenvalue weighted by Gasteiger charge is -2.22. The third-order valence-corrected chi connectivity index (χ3v) is 5.25. The highest BCUT2D eigenvalue weighted by atomic mass is 16.5. The molecular weight excluding hydrogens is 364 g/mol. The second-order valence-corrected chi connectivity index (χ2v) is 7.32. The molecule has 0 saturated carbocycles. The number of methoxy groups -OCH3 is 1. The van der Waals surface area contributed by atoms with Crippen LogP contribution in [0.4, 0.5) is 5.69 Å². The Morgan fingerprint density at radius 2 is 1.97 bits per heavy atom. The van der Waals surface area contributed by atoms with Crippen molar-refractivity contribution in [1.29, 1.82) is 0 Å². The number of nitrogens with zero attached hydrogens (tertiary/aromatic N) is 2. The molecule has 0 radical (unpaired) electrons. The average Bonchev–Trinajstić information content (AvgIpc) is 3.28. The molecule has 6 nitrogen and oxygen atoms in total. The monoisotopic (exact) mass is 396 g/mol. The Balaban J connectivity index is 1.71. The molecule has 156 valence electrons. The number of guanidine groups is 1. The molecule has 2 aromatic carbocycles. The quantitative estimate of drug-likeness (QED) is 0.490. The van der Waals surface area contributed by atoms with Gasteiger partial charge in [0.1, 0.15) is 0 Å². The highest BCUT2D eigenvalue weighted by Crippen LogP contribution is 2.29. The van der Waals surface area contributed by atoms with Gasteiger partial charge in [-0.2, -0.15) is 0 Å². The molecule has 3 rings (SSSR count). The standard InChI is InChI=1S/C23H32N4O2/c1-4-24-23(25-16-19-10-8-12-21(29-3)22(19)28)26-17(2)18-9-7-11-20(15-18)27-13-5-6-14-27/h7-12,15,17,28H,4-6,13-14,16H2,1-3H3,(H2,24,25,26). The summed E-state index contributed by atoms with van der Waals surface area (Å²) in [4.78, 5) is 7.10. The molecule has 1 unspecified atom stereocenters. The number of nitrogens with one attached hydrogen (secondary N) is 2. The molecule has 0 spiro atoms. The summed E-state index contributed by atoms with van der Waals surface area (Å²) in [6, 6.07) is 14.3. The lowest BCUT2D eigenvalue weighted by molar-refractivity contribution is 0.370. The highest BCUT2D eigenvalue weighted by Gasteiger charge is 2.15. The van der Waals surface area contributed by atoms with E-state index in [1.54, 1.807) is 13.2 Å². The number of benzene rings is 2. The Bertz CT molecular complexity index is 831. The number of hydrogen-bond donors (Lipinski definition) is 3. The molecule has 1 heterocycles. The maximum atomic E-state index is 10.3. The van der Waals surface area contributed by atoms with Gasteiger partial charge in [0.2, 0.25) is 0 Å². The van der Waals surface area contributed by atoms with E-state index in [4.69, 9.17) is 4.74 Å². The summed E-state index contributed by atoms with van der Waals surface area (Å²) < 4.78 is 5.18. The molecule has 1 aliphatic rings. The molecule has 2 aromatic rings. The van der Waals surface area contributed by atoms with Crippen LogP contribution in [-0.2, 0) is 6.54 Å². The number of ether oxygens (including phenoxy) is 1. The molecule has 6 heteroatoms. The summed E-state index contributed by atoms with van der Waals surface area (Å²) in [6.45, 7) is 7.58. The van der Waals surface area contributed by atoms with E-state index < -0.39 is 0 Å². The number of aliphatic imine (C=N–C) groups is 1. The number of hydrogen-bond acceptors (Lipinski definition) is 4. The maximum Gasteiger partial charge on any atom is 0.192 e. The van der Waals surface area contributed by atoms with Crippen molar-refractivity contribution in [3.05, 3.63) is 53.6 Å². The first-order valence-corrected chi connectivity index (χ1v) is 10.4. The van der Waals surface area contributed by atoms with Crippen molar-refractivity contribution in [1.82, 2.24) is 10.6 Å². The topological polar surface area (TPSA) is 69.1 Å². The van der Waals surface area contributed by atoms with E-state index in [1.807, 2.05) is 19.1 Å². The van der Waals surface area contributed by atoms with Crippen LogP contribution in [0.5, 0.6) is 11.5 Å². The van der Waals surface area contributed by atoms with E-state index in [1.165, 1.54) is 24.1 Å². The first kappa shape index (κ1) is 20.8. The van der Waals surface area contributed by atoms with Gasteiger partial charge in [0, 0.05) is 30.9 Å². The molecule has 0 aliphatic carbocycles. The second kappa shape index (κ2) is 10.0. The number of phenolic OH excluding ortho intramolecular Hbond substituents is 1. The first-order valence-electron chi connectivity index (χ1n) is 10.4. The predicted octanol–water partition coefficient (Wildman–Crippen LogP) is 3.82. The van der Waals surface area contributed by atoms with Crippen LogP contribution in [-0.4, -0.2) is 37.8 Å². The Kier molecular flexibility index (Phi) is 7.22. The number of phenols is 1. The minimum Gasteiger partial charge on any atom is -0.504 e. The summed E-state index contributed by atoms with van der Waals surface area (Å²) >= 11 is 0. The van der Waals surface area contributed by atoms with Crippen LogP contribution < -0.4 is 20.3 Å². The van der Waals surface area contributed by atoms with Crippen LogP contribution in [0.3, 0.4) is 0 Å². The van der Waals surface area contributed by atoms with E-state index in [0.29, 0.717) is 18.3 Å². The van der Waals surface area contributed by atoms with E-state index >= 15 is 0 Å². The van der Waals surface area contributed by atoms with Crippen molar-refractivity contribution in [2.45, 2.75) is 39.3 Å².